The van der Waals surface area contributed by atoms with E-state index in [-0.39, 0.29) is 11.6 Å². The van der Waals surface area contributed by atoms with Crippen molar-refractivity contribution in [1.82, 2.24) is 10.2 Å². The molecule has 1 aliphatic rings. The van der Waals surface area contributed by atoms with Crippen LogP contribution in [-0.4, -0.2) is 43.0 Å². The lowest BCUT2D eigenvalue weighted by Crippen LogP contribution is -2.50. The van der Waals surface area contributed by atoms with Crippen molar-refractivity contribution in [3.63, 3.8) is 0 Å². The van der Waals surface area contributed by atoms with E-state index in [2.05, 4.69) is 22.5 Å². The minimum Gasteiger partial charge on any atom is -0.326 e. The molecule has 0 unspecified atom stereocenters. The molecule has 1 aromatic carbocycles. The number of nitrogens with one attached hydrogen (secondary N) is 2. The highest BCUT2D eigenvalue weighted by atomic mass is 19.1. The average Bonchev–Trinajstić information content (AvgIpc) is 2.36. The van der Waals surface area contributed by atoms with Gasteiger partial charge in [0.15, 0.2) is 0 Å². The summed E-state index contributed by atoms with van der Waals surface area (Å²) in [6.45, 7) is 5.49. The van der Waals surface area contributed by atoms with Gasteiger partial charge < -0.3 is 10.6 Å². The first-order valence-electron chi connectivity index (χ1n) is 6.75. The molecule has 110 valence electrons. The third-order valence-electron chi connectivity index (χ3n) is 3.41. The molecule has 1 amide bonds. The minimum absolute atomic E-state index is 0.154. The minimum atomic E-state index is -0.698. The largest absolute Gasteiger partial charge is 0.326 e. The van der Waals surface area contributed by atoms with Crippen LogP contribution in [0.4, 0.5) is 14.5 Å². The standard InChI is InChI=1S/C14H19F2N3O/c1-10-9-17-3-5-19(10)4-2-14(20)18-13-7-11(15)6-12(16)8-13/h6-8,10,17H,2-5,9H2,1H3,(H,18,20)/t10-/m0/s1. The van der Waals surface area contributed by atoms with E-state index in [0.29, 0.717) is 19.0 Å². The Bertz CT molecular complexity index is 461. The van der Waals surface area contributed by atoms with E-state index in [4.69, 9.17) is 0 Å². The van der Waals surface area contributed by atoms with Crippen LogP contribution in [-0.2, 0) is 4.79 Å². The normalized spacial score (nSPS) is 19.9. The Balaban J connectivity index is 1.83. The van der Waals surface area contributed by atoms with E-state index in [9.17, 15) is 13.6 Å². The van der Waals surface area contributed by atoms with Crippen molar-refractivity contribution in [2.45, 2.75) is 19.4 Å². The Morgan fingerprint density at radius 3 is 2.75 bits per heavy atom. The maximum absolute atomic E-state index is 13.0. The predicted octanol–water partition coefficient (Wildman–Crippen LogP) is 1.59. The molecule has 0 aromatic heterocycles. The van der Waals surface area contributed by atoms with Crippen molar-refractivity contribution in [2.75, 3.05) is 31.5 Å². The molecule has 0 saturated carbocycles. The van der Waals surface area contributed by atoms with Crippen LogP contribution in [0.15, 0.2) is 18.2 Å². The molecule has 1 aliphatic heterocycles. The van der Waals surface area contributed by atoms with Gasteiger partial charge in [-0.25, -0.2) is 8.78 Å². The Morgan fingerprint density at radius 2 is 2.10 bits per heavy atom. The summed E-state index contributed by atoms with van der Waals surface area (Å²) < 4.78 is 26.0. The summed E-state index contributed by atoms with van der Waals surface area (Å²) in [5.74, 6) is -1.63. The number of nitrogens with zero attached hydrogens (tertiary/aromatic N) is 1. The van der Waals surface area contributed by atoms with Crippen LogP contribution in [0, 0.1) is 11.6 Å². The molecule has 20 heavy (non-hydrogen) atoms. The third-order valence-corrected chi connectivity index (χ3v) is 3.41. The summed E-state index contributed by atoms with van der Waals surface area (Å²) in [4.78, 5) is 14.0. The Labute approximate surface area is 117 Å². The van der Waals surface area contributed by atoms with Crippen LogP contribution in [0.5, 0.6) is 0 Å². The van der Waals surface area contributed by atoms with Crippen molar-refractivity contribution in [2.24, 2.45) is 0 Å². The van der Waals surface area contributed by atoms with Crippen molar-refractivity contribution in [3.8, 4) is 0 Å². The molecule has 0 radical (unpaired) electrons. The van der Waals surface area contributed by atoms with Gasteiger partial charge in [0.05, 0.1) is 0 Å². The van der Waals surface area contributed by atoms with Gasteiger partial charge >= 0.3 is 0 Å². The molecular formula is C14H19F2N3O. The second-order valence-corrected chi connectivity index (χ2v) is 5.05. The molecule has 4 nitrogen and oxygen atoms in total. The van der Waals surface area contributed by atoms with Gasteiger partial charge in [0.2, 0.25) is 5.91 Å². The number of carbonyl (C=O) groups excluding carboxylic acids is 1. The third kappa shape index (κ3) is 4.25. The Hall–Kier alpha value is -1.53. The lowest BCUT2D eigenvalue weighted by atomic mass is 10.2. The first kappa shape index (κ1) is 14.9. The highest BCUT2D eigenvalue weighted by Crippen LogP contribution is 2.13. The van der Waals surface area contributed by atoms with Crippen molar-refractivity contribution in [3.05, 3.63) is 29.8 Å². The van der Waals surface area contributed by atoms with Gasteiger partial charge in [0, 0.05) is 50.4 Å². The summed E-state index contributed by atoms with van der Waals surface area (Å²) in [5.41, 5.74) is 0.154. The Morgan fingerprint density at radius 1 is 1.40 bits per heavy atom. The first-order chi connectivity index (χ1) is 9.54. The van der Waals surface area contributed by atoms with Crippen LogP contribution in [0.25, 0.3) is 0 Å². The molecule has 0 spiro atoms. The smallest absolute Gasteiger partial charge is 0.225 e. The number of hydrogen-bond donors (Lipinski definition) is 2. The summed E-state index contributed by atoms with van der Waals surface area (Å²) in [6, 6.07) is 3.38. The highest BCUT2D eigenvalue weighted by molar-refractivity contribution is 5.90. The van der Waals surface area contributed by atoms with E-state index in [1.165, 1.54) is 0 Å². The summed E-state index contributed by atoms with van der Waals surface area (Å²) in [6.07, 6.45) is 0.308. The molecule has 1 fully saturated rings. The Kier molecular flexibility index (Phi) is 5.03. The van der Waals surface area contributed by atoms with Crippen molar-refractivity contribution in [1.29, 1.82) is 0 Å². The van der Waals surface area contributed by atoms with Crippen LogP contribution < -0.4 is 10.6 Å². The number of carbonyl (C=O) groups is 1. The number of rotatable bonds is 4. The zero-order valence-electron chi connectivity index (χ0n) is 11.5. The highest BCUT2D eigenvalue weighted by Gasteiger charge is 2.18. The van der Waals surface area contributed by atoms with E-state index < -0.39 is 11.6 Å². The number of benzene rings is 1. The van der Waals surface area contributed by atoms with Gasteiger partial charge in [-0.1, -0.05) is 0 Å². The molecule has 1 heterocycles. The molecule has 1 atom stereocenters. The van der Waals surface area contributed by atoms with Crippen molar-refractivity contribution < 1.29 is 13.6 Å². The van der Waals surface area contributed by atoms with Crippen LogP contribution in [0.3, 0.4) is 0 Å². The summed E-state index contributed by atoms with van der Waals surface area (Å²) >= 11 is 0. The predicted molar refractivity (Wildman–Crippen MR) is 73.5 cm³/mol. The van der Waals surface area contributed by atoms with Gasteiger partial charge in [0.1, 0.15) is 11.6 Å². The van der Waals surface area contributed by atoms with Gasteiger partial charge in [0.25, 0.3) is 0 Å². The maximum Gasteiger partial charge on any atom is 0.225 e. The van der Waals surface area contributed by atoms with Crippen LogP contribution >= 0.6 is 0 Å². The second-order valence-electron chi connectivity index (χ2n) is 5.05. The lowest BCUT2D eigenvalue weighted by molar-refractivity contribution is -0.116. The molecule has 1 aromatic rings. The van der Waals surface area contributed by atoms with Gasteiger partial charge in [-0.05, 0) is 19.1 Å². The zero-order chi connectivity index (χ0) is 14.5. The van der Waals surface area contributed by atoms with E-state index in [1.807, 2.05) is 0 Å². The molecule has 6 heteroatoms. The number of amides is 1. The molecule has 2 rings (SSSR count). The average molecular weight is 283 g/mol. The quantitative estimate of drug-likeness (QED) is 0.882. The number of piperazine rings is 1. The van der Waals surface area contributed by atoms with Gasteiger partial charge in [-0.2, -0.15) is 0 Å². The molecule has 2 N–H and O–H groups in total. The van der Waals surface area contributed by atoms with E-state index in [0.717, 1.165) is 37.8 Å². The summed E-state index contributed by atoms with van der Waals surface area (Å²) in [5, 5.41) is 5.80. The SMILES string of the molecule is C[C@H]1CNCCN1CCC(=O)Nc1cc(F)cc(F)c1. The fraction of sp³-hybridized carbons (Fsp3) is 0.500. The molecule has 0 aliphatic carbocycles. The van der Waals surface area contributed by atoms with Crippen LogP contribution in [0.2, 0.25) is 0 Å². The monoisotopic (exact) mass is 283 g/mol. The topological polar surface area (TPSA) is 44.4 Å². The fourth-order valence-electron chi connectivity index (χ4n) is 2.31. The fourth-order valence-corrected chi connectivity index (χ4v) is 2.31. The van der Waals surface area contributed by atoms with Crippen molar-refractivity contribution >= 4 is 11.6 Å². The second kappa shape index (κ2) is 6.76. The first-order valence-corrected chi connectivity index (χ1v) is 6.75. The summed E-state index contributed by atoms with van der Waals surface area (Å²) in [7, 11) is 0. The molecule has 0 bridgehead atoms. The van der Waals surface area contributed by atoms with Gasteiger partial charge in [-0.3, -0.25) is 9.69 Å². The lowest BCUT2D eigenvalue weighted by Gasteiger charge is -2.33. The zero-order valence-corrected chi connectivity index (χ0v) is 11.5. The van der Waals surface area contributed by atoms with E-state index in [1.54, 1.807) is 0 Å². The van der Waals surface area contributed by atoms with Crippen LogP contribution in [0.1, 0.15) is 13.3 Å². The molecule has 1 saturated heterocycles. The number of halogens is 2. The number of anilines is 1. The number of hydrogen-bond acceptors (Lipinski definition) is 3. The van der Waals surface area contributed by atoms with Gasteiger partial charge in [-0.15, -0.1) is 0 Å². The maximum atomic E-state index is 13.0. The molecular weight excluding hydrogens is 264 g/mol. The van der Waals surface area contributed by atoms with E-state index >= 15 is 0 Å².